The minimum Gasteiger partial charge on any atom is -0.481 e. The number of aromatic nitrogens is 2. The molecule has 1 aliphatic rings. The number of carboxylic acid groups (broad SMARTS) is 1. The van der Waals surface area contributed by atoms with Gasteiger partial charge >= 0.3 is 5.97 Å². The van der Waals surface area contributed by atoms with Gasteiger partial charge in [0, 0.05) is 31.8 Å². The number of rotatable bonds is 4. The van der Waals surface area contributed by atoms with E-state index in [1.165, 1.54) is 0 Å². The van der Waals surface area contributed by atoms with Crippen LogP contribution in [0, 0.1) is 0 Å². The summed E-state index contributed by atoms with van der Waals surface area (Å²) < 4.78 is 7.04. The lowest BCUT2D eigenvalue weighted by atomic mass is 9.86. The first-order chi connectivity index (χ1) is 10.6. The van der Waals surface area contributed by atoms with Crippen molar-refractivity contribution >= 4 is 17.5 Å². The van der Waals surface area contributed by atoms with Gasteiger partial charge in [-0.2, -0.15) is 0 Å². The van der Waals surface area contributed by atoms with Crippen LogP contribution in [0.25, 0.3) is 5.65 Å². The van der Waals surface area contributed by atoms with Crippen LogP contribution in [-0.2, 0) is 9.53 Å². The van der Waals surface area contributed by atoms with Gasteiger partial charge in [0.1, 0.15) is 5.65 Å². The number of fused-ring (bicyclic) bond motifs is 1. The highest BCUT2D eigenvalue weighted by Gasteiger charge is 2.36. The summed E-state index contributed by atoms with van der Waals surface area (Å²) in [6.07, 6.45) is 5.99. The van der Waals surface area contributed by atoms with Crippen LogP contribution < -0.4 is 5.32 Å². The van der Waals surface area contributed by atoms with Crippen LogP contribution in [0.2, 0.25) is 0 Å². The standard InChI is InChI=1S/C15H17N3O4/c19-13(20)9-15(3-7-22-8-4-15)17-14(21)11-1-2-12-16-5-6-18(12)10-11/h1-2,5-6,10H,3-4,7-9H2,(H,17,21)(H,19,20). The predicted octanol–water partition coefficient (Wildman–Crippen LogP) is 1.09. The highest BCUT2D eigenvalue weighted by Crippen LogP contribution is 2.25. The quantitative estimate of drug-likeness (QED) is 0.882. The summed E-state index contributed by atoms with van der Waals surface area (Å²) in [5.74, 6) is -1.20. The SMILES string of the molecule is O=C(O)CC1(NC(=O)c2ccc3nccn3c2)CCOCC1. The Morgan fingerprint density at radius 2 is 2.14 bits per heavy atom. The molecule has 116 valence electrons. The van der Waals surface area contributed by atoms with Crippen molar-refractivity contribution in [2.45, 2.75) is 24.8 Å². The summed E-state index contributed by atoms with van der Waals surface area (Å²) >= 11 is 0. The van der Waals surface area contributed by atoms with Crippen molar-refractivity contribution in [2.24, 2.45) is 0 Å². The topological polar surface area (TPSA) is 92.9 Å². The monoisotopic (exact) mass is 303 g/mol. The molecule has 0 aliphatic carbocycles. The maximum absolute atomic E-state index is 12.5. The number of aliphatic carboxylic acids is 1. The smallest absolute Gasteiger partial charge is 0.305 e. The van der Waals surface area contributed by atoms with Gasteiger partial charge in [-0.25, -0.2) is 4.98 Å². The Morgan fingerprint density at radius 3 is 2.86 bits per heavy atom. The number of amides is 1. The first-order valence-corrected chi connectivity index (χ1v) is 7.13. The molecule has 1 fully saturated rings. The van der Waals surface area contributed by atoms with Crippen LogP contribution >= 0.6 is 0 Å². The maximum Gasteiger partial charge on any atom is 0.305 e. The first-order valence-electron chi connectivity index (χ1n) is 7.13. The molecular weight excluding hydrogens is 286 g/mol. The van der Waals surface area contributed by atoms with E-state index in [0.29, 0.717) is 31.6 Å². The Hall–Kier alpha value is -2.41. The number of imidazole rings is 1. The van der Waals surface area contributed by atoms with Gasteiger partial charge in [-0.05, 0) is 25.0 Å². The molecule has 0 atom stereocenters. The number of nitrogens with one attached hydrogen (secondary N) is 1. The highest BCUT2D eigenvalue weighted by molar-refractivity contribution is 5.95. The molecule has 0 radical (unpaired) electrons. The van der Waals surface area contributed by atoms with E-state index >= 15 is 0 Å². The zero-order valence-corrected chi connectivity index (χ0v) is 12.0. The van der Waals surface area contributed by atoms with Crippen molar-refractivity contribution in [3.05, 3.63) is 36.3 Å². The Balaban J connectivity index is 1.81. The molecule has 7 nitrogen and oxygen atoms in total. The van der Waals surface area contributed by atoms with E-state index < -0.39 is 11.5 Å². The fourth-order valence-electron chi connectivity index (χ4n) is 2.76. The Morgan fingerprint density at radius 1 is 1.36 bits per heavy atom. The largest absolute Gasteiger partial charge is 0.481 e. The Kier molecular flexibility index (Phi) is 3.81. The summed E-state index contributed by atoms with van der Waals surface area (Å²) in [6, 6.07) is 3.44. The van der Waals surface area contributed by atoms with E-state index in [1.54, 1.807) is 35.1 Å². The molecule has 2 aromatic rings. The molecule has 3 heterocycles. The third kappa shape index (κ3) is 2.94. The van der Waals surface area contributed by atoms with Gasteiger partial charge in [0.2, 0.25) is 0 Å². The molecule has 0 bridgehead atoms. The maximum atomic E-state index is 12.5. The van der Waals surface area contributed by atoms with Crippen molar-refractivity contribution in [1.29, 1.82) is 0 Å². The minimum atomic E-state index is -0.924. The zero-order valence-electron chi connectivity index (χ0n) is 12.0. The number of pyridine rings is 1. The number of carboxylic acids is 1. The molecule has 0 saturated carbocycles. The number of ether oxygens (including phenoxy) is 1. The molecule has 1 aliphatic heterocycles. The summed E-state index contributed by atoms with van der Waals surface area (Å²) in [5, 5.41) is 12.0. The lowest BCUT2D eigenvalue weighted by Crippen LogP contribution is -2.53. The van der Waals surface area contributed by atoms with Gasteiger partial charge in [-0.3, -0.25) is 9.59 Å². The van der Waals surface area contributed by atoms with E-state index in [9.17, 15) is 9.59 Å². The lowest BCUT2D eigenvalue weighted by molar-refractivity contribution is -0.139. The molecular formula is C15H17N3O4. The summed E-state index contributed by atoms with van der Waals surface area (Å²) in [5.41, 5.74) is 0.482. The van der Waals surface area contributed by atoms with Gasteiger partial charge in [-0.1, -0.05) is 0 Å². The second-order valence-electron chi connectivity index (χ2n) is 5.53. The average Bonchev–Trinajstić information content (AvgIpc) is 2.94. The van der Waals surface area contributed by atoms with E-state index in [4.69, 9.17) is 9.84 Å². The van der Waals surface area contributed by atoms with Gasteiger partial charge in [0.05, 0.1) is 17.5 Å². The summed E-state index contributed by atoms with van der Waals surface area (Å²) in [6.45, 7) is 0.905. The normalized spacial score (nSPS) is 17.3. The molecule has 1 saturated heterocycles. The molecule has 22 heavy (non-hydrogen) atoms. The third-order valence-electron chi connectivity index (χ3n) is 3.97. The van der Waals surface area contributed by atoms with E-state index in [1.807, 2.05) is 0 Å². The van der Waals surface area contributed by atoms with Crippen LogP contribution in [0.4, 0.5) is 0 Å². The summed E-state index contributed by atoms with van der Waals surface area (Å²) in [4.78, 5) is 27.7. The second-order valence-corrected chi connectivity index (χ2v) is 5.53. The predicted molar refractivity (Wildman–Crippen MR) is 77.7 cm³/mol. The van der Waals surface area contributed by atoms with E-state index in [-0.39, 0.29) is 12.3 Å². The average molecular weight is 303 g/mol. The van der Waals surface area contributed by atoms with Crippen LogP contribution in [0.15, 0.2) is 30.7 Å². The molecule has 2 aromatic heterocycles. The fourth-order valence-corrected chi connectivity index (χ4v) is 2.76. The molecule has 2 N–H and O–H groups in total. The van der Waals surface area contributed by atoms with Gasteiger partial charge < -0.3 is 19.6 Å². The van der Waals surface area contributed by atoms with Crippen LogP contribution in [-0.4, -0.2) is 45.1 Å². The highest BCUT2D eigenvalue weighted by atomic mass is 16.5. The minimum absolute atomic E-state index is 0.102. The van der Waals surface area contributed by atoms with Crippen molar-refractivity contribution in [2.75, 3.05) is 13.2 Å². The van der Waals surface area contributed by atoms with Crippen molar-refractivity contribution < 1.29 is 19.4 Å². The van der Waals surface area contributed by atoms with Gasteiger partial charge in [-0.15, -0.1) is 0 Å². The van der Waals surface area contributed by atoms with Crippen molar-refractivity contribution in [1.82, 2.24) is 14.7 Å². The van der Waals surface area contributed by atoms with Crippen LogP contribution in [0.5, 0.6) is 0 Å². The second kappa shape index (κ2) is 5.76. The molecule has 0 unspecified atom stereocenters. The number of hydrogen-bond donors (Lipinski definition) is 2. The molecule has 3 rings (SSSR count). The number of nitrogens with zero attached hydrogens (tertiary/aromatic N) is 2. The van der Waals surface area contributed by atoms with Crippen LogP contribution in [0.3, 0.4) is 0 Å². The van der Waals surface area contributed by atoms with E-state index in [0.717, 1.165) is 5.65 Å². The lowest BCUT2D eigenvalue weighted by Gasteiger charge is -2.36. The zero-order chi connectivity index (χ0) is 15.6. The Labute approximate surface area is 126 Å². The van der Waals surface area contributed by atoms with Gasteiger partial charge in [0.25, 0.3) is 5.91 Å². The number of hydrogen-bond acceptors (Lipinski definition) is 4. The number of carbonyl (C=O) groups is 2. The number of carbonyl (C=O) groups excluding carboxylic acids is 1. The van der Waals surface area contributed by atoms with Crippen molar-refractivity contribution in [3.8, 4) is 0 Å². The molecule has 0 spiro atoms. The van der Waals surface area contributed by atoms with Crippen LogP contribution in [0.1, 0.15) is 29.6 Å². The fraction of sp³-hybridized carbons (Fsp3) is 0.400. The third-order valence-corrected chi connectivity index (χ3v) is 3.97. The Bertz CT molecular complexity index is 704. The first kappa shape index (κ1) is 14.5. The summed E-state index contributed by atoms with van der Waals surface area (Å²) in [7, 11) is 0. The van der Waals surface area contributed by atoms with Gasteiger partial charge in [0.15, 0.2) is 0 Å². The van der Waals surface area contributed by atoms with Crippen molar-refractivity contribution in [3.63, 3.8) is 0 Å². The van der Waals surface area contributed by atoms with E-state index in [2.05, 4.69) is 10.3 Å². The molecule has 7 heteroatoms. The molecule has 0 aromatic carbocycles. The molecule has 1 amide bonds.